The van der Waals surface area contributed by atoms with E-state index in [1.165, 1.54) is 23.5 Å². The molecule has 1 amide bonds. The van der Waals surface area contributed by atoms with Crippen molar-refractivity contribution in [1.82, 2.24) is 25.0 Å². The van der Waals surface area contributed by atoms with Gasteiger partial charge in [0.1, 0.15) is 12.0 Å². The molecule has 25 heavy (non-hydrogen) atoms. The molecule has 3 heterocycles. The van der Waals surface area contributed by atoms with Crippen molar-refractivity contribution in [2.24, 2.45) is 0 Å². The van der Waals surface area contributed by atoms with Crippen molar-refractivity contribution in [3.8, 4) is 11.5 Å². The van der Waals surface area contributed by atoms with Gasteiger partial charge in [0, 0.05) is 24.7 Å². The Morgan fingerprint density at radius 1 is 1.24 bits per heavy atom. The highest BCUT2D eigenvalue weighted by molar-refractivity contribution is 5.92. The molecule has 1 unspecified atom stereocenters. The molecule has 0 spiro atoms. The van der Waals surface area contributed by atoms with Gasteiger partial charge < -0.3 is 9.42 Å². The molecule has 0 bridgehead atoms. The van der Waals surface area contributed by atoms with Gasteiger partial charge in [-0.1, -0.05) is 23.4 Å². The molecule has 1 saturated heterocycles. The topological polar surface area (TPSA) is 85.0 Å². The Balaban J connectivity index is 1.54. The second-order valence-corrected chi connectivity index (χ2v) is 5.83. The summed E-state index contributed by atoms with van der Waals surface area (Å²) in [5, 5.41) is 3.79. The van der Waals surface area contributed by atoms with E-state index < -0.39 is 5.67 Å². The average Bonchev–Trinajstić information content (AvgIpc) is 3.31. The third-order valence-corrected chi connectivity index (χ3v) is 4.16. The van der Waals surface area contributed by atoms with Crippen molar-refractivity contribution >= 4 is 5.91 Å². The monoisotopic (exact) mass is 339 g/mol. The van der Waals surface area contributed by atoms with Crippen molar-refractivity contribution in [1.29, 1.82) is 0 Å². The van der Waals surface area contributed by atoms with Crippen LogP contribution in [0, 0.1) is 0 Å². The highest BCUT2D eigenvalue weighted by Crippen LogP contribution is 2.35. The lowest BCUT2D eigenvalue weighted by Crippen LogP contribution is -2.33. The van der Waals surface area contributed by atoms with E-state index in [1.54, 1.807) is 0 Å². The molecule has 8 heteroatoms. The lowest BCUT2D eigenvalue weighted by molar-refractivity contribution is 0.0737. The van der Waals surface area contributed by atoms with Crippen molar-refractivity contribution in [3.63, 3.8) is 0 Å². The van der Waals surface area contributed by atoms with Crippen molar-refractivity contribution in [2.75, 3.05) is 13.1 Å². The maximum atomic E-state index is 15.3. The predicted molar refractivity (Wildman–Crippen MR) is 85.1 cm³/mol. The predicted octanol–water partition coefficient (Wildman–Crippen LogP) is 2.24. The lowest BCUT2D eigenvalue weighted by Gasteiger charge is -2.17. The number of hydrogen-bond donors (Lipinski definition) is 0. The van der Waals surface area contributed by atoms with Crippen LogP contribution in [0.2, 0.25) is 0 Å². The minimum absolute atomic E-state index is 0.0376. The summed E-state index contributed by atoms with van der Waals surface area (Å²) < 4.78 is 20.5. The van der Waals surface area contributed by atoms with Crippen LogP contribution in [-0.4, -0.2) is 44.0 Å². The van der Waals surface area contributed by atoms with E-state index in [1.807, 2.05) is 30.3 Å². The summed E-state index contributed by atoms with van der Waals surface area (Å²) in [6.07, 6.45) is 2.87. The molecule has 3 aromatic rings. The summed E-state index contributed by atoms with van der Waals surface area (Å²) in [7, 11) is 0. The number of likely N-dealkylation sites (tertiary alicyclic amines) is 1. The average molecular weight is 339 g/mol. The van der Waals surface area contributed by atoms with Crippen molar-refractivity contribution < 1.29 is 13.7 Å². The van der Waals surface area contributed by atoms with Gasteiger partial charge in [-0.2, -0.15) is 4.98 Å². The van der Waals surface area contributed by atoms with E-state index in [0.29, 0.717) is 0 Å². The normalized spacial score (nSPS) is 20.0. The highest BCUT2D eigenvalue weighted by Gasteiger charge is 2.46. The molecule has 1 atom stereocenters. The van der Waals surface area contributed by atoms with Crippen LogP contribution in [0.3, 0.4) is 0 Å². The van der Waals surface area contributed by atoms with Gasteiger partial charge in [-0.05, 0) is 18.2 Å². The minimum atomic E-state index is -1.83. The van der Waals surface area contributed by atoms with E-state index in [4.69, 9.17) is 4.52 Å². The zero-order chi connectivity index (χ0) is 17.3. The fourth-order valence-electron chi connectivity index (χ4n) is 2.81. The van der Waals surface area contributed by atoms with Crippen LogP contribution >= 0.6 is 0 Å². The number of rotatable bonds is 3. The largest absolute Gasteiger partial charge is 0.334 e. The van der Waals surface area contributed by atoms with Crippen LogP contribution in [0.4, 0.5) is 4.39 Å². The van der Waals surface area contributed by atoms with Crippen LogP contribution < -0.4 is 0 Å². The number of nitrogens with zero attached hydrogens (tertiary/aromatic N) is 5. The maximum Gasteiger partial charge on any atom is 0.272 e. The Morgan fingerprint density at radius 2 is 2.08 bits per heavy atom. The third kappa shape index (κ3) is 2.86. The number of halogens is 1. The number of carbonyl (C=O) groups excluding carboxylic acids is 1. The summed E-state index contributed by atoms with van der Waals surface area (Å²) in [4.78, 5) is 25.7. The number of carbonyl (C=O) groups is 1. The quantitative estimate of drug-likeness (QED) is 0.727. The highest BCUT2D eigenvalue weighted by atomic mass is 19.1. The number of amides is 1. The smallest absolute Gasteiger partial charge is 0.272 e. The van der Waals surface area contributed by atoms with Gasteiger partial charge in [-0.3, -0.25) is 4.79 Å². The Bertz CT molecular complexity index is 886. The third-order valence-electron chi connectivity index (χ3n) is 4.16. The van der Waals surface area contributed by atoms with Crippen molar-refractivity contribution in [3.05, 3.63) is 60.4 Å². The Morgan fingerprint density at radius 3 is 2.84 bits per heavy atom. The van der Waals surface area contributed by atoms with Crippen LogP contribution in [0.5, 0.6) is 0 Å². The number of aromatic nitrogens is 4. The van der Waals surface area contributed by atoms with Crippen LogP contribution in [0.1, 0.15) is 22.7 Å². The van der Waals surface area contributed by atoms with Gasteiger partial charge in [0.15, 0.2) is 5.67 Å². The molecular formula is C17H14FN5O2. The standard InChI is InChI=1S/C17H14FN5O2/c18-17(16-21-14(25-22-16)12-4-2-1-3-5-12)7-9-23(10-17)15(24)13-6-8-19-11-20-13/h1-6,8,11H,7,9-10H2. The van der Waals surface area contributed by atoms with Crippen LogP contribution in [0.15, 0.2) is 53.4 Å². The molecule has 0 N–H and O–H groups in total. The minimum Gasteiger partial charge on any atom is -0.334 e. The van der Waals surface area contributed by atoms with Gasteiger partial charge in [0.2, 0.25) is 5.82 Å². The molecule has 1 fully saturated rings. The number of hydrogen-bond acceptors (Lipinski definition) is 6. The summed E-state index contributed by atoms with van der Waals surface area (Å²) in [6, 6.07) is 10.7. The van der Waals surface area contributed by atoms with Gasteiger partial charge in [0.25, 0.3) is 11.8 Å². The first-order valence-electron chi connectivity index (χ1n) is 7.79. The van der Waals surface area contributed by atoms with Crippen LogP contribution in [-0.2, 0) is 5.67 Å². The molecule has 1 aromatic carbocycles. The van der Waals surface area contributed by atoms with E-state index in [2.05, 4.69) is 20.1 Å². The maximum absolute atomic E-state index is 15.3. The molecule has 7 nitrogen and oxygen atoms in total. The zero-order valence-corrected chi connectivity index (χ0v) is 13.2. The summed E-state index contributed by atoms with van der Waals surface area (Å²) in [5.41, 5.74) is -0.881. The molecule has 1 aliphatic heterocycles. The SMILES string of the molecule is O=C(c1ccncn1)N1CCC(F)(c2noc(-c3ccccc3)n2)C1. The number of benzene rings is 1. The molecule has 126 valence electrons. The Hall–Kier alpha value is -3.16. The number of alkyl halides is 1. The Kier molecular flexibility index (Phi) is 3.72. The molecule has 0 aliphatic carbocycles. The second kappa shape index (κ2) is 6.04. The first-order valence-corrected chi connectivity index (χ1v) is 7.79. The van der Waals surface area contributed by atoms with Crippen LogP contribution in [0.25, 0.3) is 11.5 Å². The first-order chi connectivity index (χ1) is 12.2. The first kappa shape index (κ1) is 15.4. The van der Waals surface area contributed by atoms with E-state index >= 15 is 4.39 Å². The molecule has 4 rings (SSSR count). The van der Waals surface area contributed by atoms with Gasteiger partial charge in [0.05, 0.1) is 6.54 Å². The summed E-state index contributed by atoms with van der Waals surface area (Å²) >= 11 is 0. The summed E-state index contributed by atoms with van der Waals surface area (Å²) in [6.45, 7) is 0.123. The Labute approximate surface area is 142 Å². The second-order valence-electron chi connectivity index (χ2n) is 5.83. The molecule has 1 aliphatic rings. The van der Waals surface area contributed by atoms with E-state index in [0.717, 1.165) is 5.56 Å². The van der Waals surface area contributed by atoms with E-state index in [-0.39, 0.29) is 42.8 Å². The van der Waals surface area contributed by atoms with Crippen molar-refractivity contribution in [2.45, 2.75) is 12.1 Å². The summed E-state index contributed by atoms with van der Waals surface area (Å²) in [5.74, 6) is -0.119. The molecule has 0 saturated carbocycles. The van der Waals surface area contributed by atoms with E-state index in [9.17, 15) is 4.79 Å². The molecular weight excluding hydrogens is 325 g/mol. The van der Waals surface area contributed by atoms with Gasteiger partial charge in [-0.25, -0.2) is 14.4 Å². The lowest BCUT2D eigenvalue weighted by atomic mass is 10.1. The fraction of sp³-hybridized carbons (Fsp3) is 0.235. The zero-order valence-electron chi connectivity index (χ0n) is 13.2. The fourth-order valence-corrected chi connectivity index (χ4v) is 2.81. The molecule has 0 radical (unpaired) electrons. The van der Waals surface area contributed by atoms with Gasteiger partial charge >= 0.3 is 0 Å². The van der Waals surface area contributed by atoms with Gasteiger partial charge in [-0.15, -0.1) is 0 Å². The molecule has 2 aromatic heterocycles.